The van der Waals surface area contributed by atoms with E-state index in [1.54, 1.807) is 0 Å². The van der Waals surface area contributed by atoms with Crippen LogP contribution in [0.4, 0.5) is 18.3 Å². The van der Waals surface area contributed by atoms with Crippen molar-refractivity contribution in [3.63, 3.8) is 0 Å². The molecule has 19 heavy (non-hydrogen) atoms. The molecule has 1 N–H and O–H groups in total. The molecule has 3 rings (SSSR count). The fourth-order valence-corrected chi connectivity index (χ4v) is 3.39. The highest BCUT2D eigenvalue weighted by molar-refractivity contribution is 7.22. The molecule has 0 saturated heterocycles. The average molecular weight is 286 g/mol. The molecule has 1 fully saturated rings. The minimum atomic E-state index is -4.29. The largest absolute Gasteiger partial charge is 0.416 e. The topological polar surface area (TPSA) is 24.9 Å². The monoisotopic (exact) mass is 286 g/mol. The first kappa shape index (κ1) is 12.7. The van der Waals surface area contributed by atoms with Gasteiger partial charge in [0.25, 0.3) is 0 Å². The third-order valence-electron chi connectivity index (χ3n) is 3.40. The second kappa shape index (κ2) is 4.67. The molecular weight excluding hydrogens is 273 g/mol. The molecule has 0 radical (unpaired) electrons. The Hall–Kier alpha value is -1.30. The number of hydrogen-bond acceptors (Lipinski definition) is 3. The van der Waals surface area contributed by atoms with Gasteiger partial charge >= 0.3 is 6.18 Å². The molecule has 1 saturated carbocycles. The Morgan fingerprint density at radius 3 is 2.63 bits per heavy atom. The lowest BCUT2D eigenvalue weighted by atomic mass is 10.2. The van der Waals surface area contributed by atoms with Gasteiger partial charge < -0.3 is 5.32 Å². The van der Waals surface area contributed by atoms with Crippen LogP contribution in [-0.4, -0.2) is 11.0 Å². The van der Waals surface area contributed by atoms with Gasteiger partial charge in [0.1, 0.15) is 0 Å². The Balaban J connectivity index is 1.87. The Morgan fingerprint density at radius 2 is 1.95 bits per heavy atom. The Morgan fingerprint density at radius 1 is 1.21 bits per heavy atom. The van der Waals surface area contributed by atoms with Crippen LogP contribution in [0.3, 0.4) is 0 Å². The van der Waals surface area contributed by atoms with Gasteiger partial charge in [-0.1, -0.05) is 24.2 Å². The van der Waals surface area contributed by atoms with Crippen LogP contribution in [-0.2, 0) is 6.18 Å². The second-order valence-electron chi connectivity index (χ2n) is 4.82. The zero-order chi connectivity index (χ0) is 13.5. The molecule has 1 aromatic heterocycles. The van der Waals surface area contributed by atoms with Gasteiger partial charge in [-0.15, -0.1) is 0 Å². The molecule has 102 valence electrons. The zero-order valence-corrected chi connectivity index (χ0v) is 10.9. The zero-order valence-electron chi connectivity index (χ0n) is 10.1. The van der Waals surface area contributed by atoms with Crippen molar-refractivity contribution < 1.29 is 13.2 Å². The smallest absolute Gasteiger partial charge is 0.359 e. The Kier molecular flexibility index (Phi) is 3.12. The van der Waals surface area contributed by atoms with Crippen molar-refractivity contribution in [1.29, 1.82) is 0 Å². The molecule has 1 aliphatic rings. The Bertz CT molecular complexity index is 585. The van der Waals surface area contributed by atoms with Crippen molar-refractivity contribution in [2.24, 2.45) is 0 Å². The predicted molar refractivity (Wildman–Crippen MR) is 70.5 cm³/mol. The maximum Gasteiger partial charge on any atom is 0.416 e. The lowest BCUT2D eigenvalue weighted by Gasteiger charge is -2.09. The maximum absolute atomic E-state index is 12.6. The third-order valence-corrected chi connectivity index (χ3v) is 4.35. The van der Waals surface area contributed by atoms with E-state index in [-0.39, 0.29) is 0 Å². The van der Waals surface area contributed by atoms with Crippen molar-refractivity contribution in [3.05, 3.63) is 23.8 Å². The molecule has 2 aromatic rings. The predicted octanol–water partition coefficient (Wildman–Crippen LogP) is 4.67. The molecule has 0 unspecified atom stereocenters. The summed E-state index contributed by atoms with van der Waals surface area (Å²) in [7, 11) is 0. The van der Waals surface area contributed by atoms with Crippen LogP contribution in [0.5, 0.6) is 0 Å². The quantitative estimate of drug-likeness (QED) is 0.867. The molecule has 1 aliphatic carbocycles. The molecule has 0 bridgehead atoms. The first-order chi connectivity index (χ1) is 9.02. The lowest BCUT2D eigenvalue weighted by molar-refractivity contribution is -0.137. The van der Waals surface area contributed by atoms with E-state index >= 15 is 0 Å². The van der Waals surface area contributed by atoms with Crippen LogP contribution in [0, 0.1) is 0 Å². The fourth-order valence-electron chi connectivity index (χ4n) is 2.41. The van der Waals surface area contributed by atoms with Gasteiger partial charge in [0, 0.05) is 6.04 Å². The molecule has 1 aromatic carbocycles. The van der Waals surface area contributed by atoms with E-state index in [0.29, 0.717) is 16.3 Å². The number of alkyl halides is 3. The van der Waals surface area contributed by atoms with Gasteiger partial charge in [0.15, 0.2) is 5.13 Å². The summed E-state index contributed by atoms with van der Waals surface area (Å²) in [5.74, 6) is 0. The number of benzene rings is 1. The molecule has 0 amide bonds. The van der Waals surface area contributed by atoms with Gasteiger partial charge in [0.2, 0.25) is 0 Å². The summed E-state index contributed by atoms with van der Waals surface area (Å²) in [6, 6.07) is 4.12. The van der Waals surface area contributed by atoms with Gasteiger partial charge in [-0.25, -0.2) is 4.98 Å². The van der Waals surface area contributed by atoms with Crippen LogP contribution < -0.4 is 5.32 Å². The average Bonchev–Trinajstić information content (AvgIpc) is 2.95. The summed E-state index contributed by atoms with van der Waals surface area (Å²) in [4.78, 5) is 4.34. The van der Waals surface area contributed by atoms with Crippen molar-refractivity contribution in [3.8, 4) is 0 Å². The summed E-state index contributed by atoms with van der Waals surface area (Å²) < 4.78 is 38.4. The Labute approximate surface area is 112 Å². The number of thiazole rings is 1. The molecule has 0 atom stereocenters. The first-order valence-electron chi connectivity index (χ1n) is 6.27. The van der Waals surface area contributed by atoms with Gasteiger partial charge in [0.05, 0.1) is 15.8 Å². The summed E-state index contributed by atoms with van der Waals surface area (Å²) in [6.45, 7) is 0. The van der Waals surface area contributed by atoms with Crippen LogP contribution in [0.2, 0.25) is 0 Å². The minimum Gasteiger partial charge on any atom is -0.359 e. The highest BCUT2D eigenvalue weighted by Gasteiger charge is 2.30. The van der Waals surface area contributed by atoms with Crippen LogP contribution >= 0.6 is 11.3 Å². The summed E-state index contributed by atoms with van der Waals surface area (Å²) in [5, 5.41) is 4.04. The van der Waals surface area contributed by atoms with Gasteiger partial charge in [-0.3, -0.25) is 0 Å². The van der Waals surface area contributed by atoms with Crippen molar-refractivity contribution in [1.82, 2.24) is 4.98 Å². The molecule has 0 aliphatic heterocycles. The minimum absolute atomic E-state index is 0.419. The van der Waals surface area contributed by atoms with E-state index in [2.05, 4.69) is 10.3 Å². The van der Waals surface area contributed by atoms with E-state index in [1.165, 1.54) is 36.3 Å². The number of aromatic nitrogens is 1. The van der Waals surface area contributed by atoms with E-state index < -0.39 is 11.7 Å². The lowest BCUT2D eigenvalue weighted by Crippen LogP contribution is -2.13. The second-order valence-corrected chi connectivity index (χ2v) is 5.86. The van der Waals surface area contributed by atoms with Gasteiger partial charge in [-0.2, -0.15) is 13.2 Å². The number of fused-ring (bicyclic) bond motifs is 1. The van der Waals surface area contributed by atoms with Crippen molar-refractivity contribution in [2.45, 2.75) is 37.9 Å². The van der Waals surface area contributed by atoms with Crippen LogP contribution in [0.15, 0.2) is 18.2 Å². The highest BCUT2D eigenvalue weighted by atomic mass is 32.1. The normalized spacial score (nSPS) is 17.2. The SMILES string of the molecule is FC(F)(F)c1ccc2nc(NC3CCCC3)sc2c1. The number of anilines is 1. The standard InChI is InChI=1S/C13H13F3N2S/c14-13(15,16)8-5-6-10-11(7-8)19-12(18-10)17-9-3-1-2-4-9/h5-7,9H,1-4H2,(H,17,18). The first-order valence-corrected chi connectivity index (χ1v) is 7.08. The van der Waals surface area contributed by atoms with Gasteiger partial charge in [-0.05, 0) is 31.0 Å². The number of nitrogens with zero attached hydrogens (tertiary/aromatic N) is 1. The fraction of sp³-hybridized carbons (Fsp3) is 0.462. The van der Waals surface area contributed by atoms with Crippen molar-refractivity contribution in [2.75, 3.05) is 5.32 Å². The molecule has 2 nitrogen and oxygen atoms in total. The number of hydrogen-bond donors (Lipinski definition) is 1. The van der Waals surface area contributed by atoms with Crippen LogP contribution in [0.25, 0.3) is 10.2 Å². The van der Waals surface area contributed by atoms with E-state index in [1.807, 2.05) is 0 Å². The number of halogens is 3. The number of rotatable bonds is 2. The third kappa shape index (κ3) is 2.68. The summed E-state index contributed by atoms with van der Waals surface area (Å²) in [5.41, 5.74) is 0.00885. The maximum atomic E-state index is 12.6. The summed E-state index contributed by atoms with van der Waals surface area (Å²) >= 11 is 1.29. The molecule has 0 spiro atoms. The molecular formula is C13H13F3N2S. The highest BCUT2D eigenvalue weighted by Crippen LogP contribution is 2.35. The van der Waals surface area contributed by atoms with E-state index in [9.17, 15) is 13.2 Å². The van der Waals surface area contributed by atoms with E-state index in [0.717, 1.165) is 24.0 Å². The molecule has 1 heterocycles. The summed E-state index contributed by atoms with van der Waals surface area (Å²) in [6.07, 6.45) is 0.353. The molecule has 6 heteroatoms. The number of nitrogens with one attached hydrogen (secondary N) is 1. The van der Waals surface area contributed by atoms with Crippen LogP contribution in [0.1, 0.15) is 31.2 Å². The van der Waals surface area contributed by atoms with Crippen molar-refractivity contribution >= 4 is 26.7 Å². The van der Waals surface area contributed by atoms with E-state index in [4.69, 9.17) is 0 Å².